The molecule has 0 radical (unpaired) electrons. The van der Waals surface area contributed by atoms with E-state index in [2.05, 4.69) is 15.0 Å². The predicted molar refractivity (Wildman–Crippen MR) is 89.7 cm³/mol. The van der Waals surface area contributed by atoms with Gasteiger partial charge in [-0.2, -0.15) is 0 Å². The highest BCUT2D eigenvalue weighted by atomic mass is 35.5. The van der Waals surface area contributed by atoms with Crippen LogP contribution in [0.3, 0.4) is 0 Å². The molecule has 0 aromatic heterocycles. The SMILES string of the molecule is COC(=O)/C=C/c1ccccc1/N=N\c1cc(Cl)ccc1OC. The summed E-state index contributed by atoms with van der Waals surface area (Å²) in [5.74, 6) is 0.133. The number of carbonyl (C=O) groups excluding carboxylic acids is 1. The van der Waals surface area contributed by atoms with Crippen molar-refractivity contribution in [2.24, 2.45) is 10.2 Å². The Morgan fingerprint density at radius 3 is 2.57 bits per heavy atom. The quantitative estimate of drug-likeness (QED) is 0.442. The molecule has 0 fully saturated rings. The maximum Gasteiger partial charge on any atom is 0.330 e. The zero-order valence-corrected chi connectivity index (χ0v) is 13.4. The molecule has 0 N–H and O–H groups in total. The lowest BCUT2D eigenvalue weighted by molar-refractivity contribution is -0.134. The third-order valence-electron chi connectivity index (χ3n) is 2.94. The largest absolute Gasteiger partial charge is 0.494 e. The molecule has 0 saturated heterocycles. The van der Waals surface area contributed by atoms with Crippen molar-refractivity contribution in [1.29, 1.82) is 0 Å². The highest BCUT2D eigenvalue weighted by molar-refractivity contribution is 6.30. The highest BCUT2D eigenvalue weighted by Crippen LogP contribution is 2.32. The van der Waals surface area contributed by atoms with E-state index in [9.17, 15) is 4.79 Å². The summed E-state index contributed by atoms with van der Waals surface area (Å²) in [4.78, 5) is 11.2. The number of rotatable bonds is 5. The number of halogens is 1. The molecule has 0 saturated carbocycles. The van der Waals surface area contributed by atoms with Gasteiger partial charge in [-0.25, -0.2) is 4.79 Å². The van der Waals surface area contributed by atoms with Gasteiger partial charge in [0.2, 0.25) is 0 Å². The van der Waals surface area contributed by atoms with E-state index >= 15 is 0 Å². The third-order valence-corrected chi connectivity index (χ3v) is 3.18. The van der Waals surface area contributed by atoms with Crippen LogP contribution in [0.1, 0.15) is 5.56 Å². The molecule has 0 spiro atoms. The number of esters is 1. The Kier molecular flexibility index (Phi) is 5.88. The fourth-order valence-corrected chi connectivity index (χ4v) is 1.96. The predicted octanol–water partition coefficient (Wildman–Crippen LogP) is 4.95. The molecule has 0 heterocycles. The van der Waals surface area contributed by atoms with Crippen molar-refractivity contribution in [3.05, 3.63) is 59.1 Å². The Balaban J connectivity index is 2.32. The number of carbonyl (C=O) groups is 1. The van der Waals surface area contributed by atoms with E-state index in [-0.39, 0.29) is 0 Å². The van der Waals surface area contributed by atoms with Gasteiger partial charge in [-0.15, -0.1) is 10.2 Å². The summed E-state index contributed by atoms with van der Waals surface area (Å²) in [6.45, 7) is 0. The maximum atomic E-state index is 11.2. The second-order valence-corrected chi connectivity index (χ2v) is 4.87. The van der Waals surface area contributed by atoms with Gasteiger partial charge in [-0.3, -0.25) is 0 Å². The van der Waals surface area contributed by atoms with E-state index < -0.39 is 5.97 Å². The van der Waals surface area contributed by atoms with Crippen LogP contribution in [0.2, 0.25) is 5.02 Å². The van der Waals surface area contributed by atoms with Crippen molar-refractivity contribution in [1.82, 2.24) is 0 Å². The summed E-state index contributed by atoms with van der Waals surface area (Å²) < 4.78 is 9.80. The lowest BCUT2D eigenvalue weighted by Gasteiger charge is -2.04. The number of hydrogen-bond acceptors (Lipinski definition) is 5. The number of hydrogen-bond donors (Lipinski definition) is 0. The third kappa shape index (κ3) is 4.66. The molecule has 0 amide bonds. The Hall–Kier alpha value is -2.66. The van der Waals surface area contributed by atoms with Crippen LogP contribution in [0.25, 0.3) is 6.08 Å². The van der Waals surface area contributed by atoms with Crippen LogP contribution in [0.5, 0.6) is 5.75 Å². The molecule has 0 bridgehead atoms. The first-order valence-corrected chi connectivity index (χ1v) is 7.12. The second kappa shape index (κ2) is 8.10. The van der Waals surface area contributed by atoms with E-state index in [1.54, 1.807) is 37.5 Å². The number of methoxy groups -OCH3 is 2. The first kappa shape index (κ1) is 16.7. The van der Waals surface area contributed by atoms with Gasteiger partial charge in [0.15, 0.2) is 0 Å². The molecule has 2 rings (SSSR count). The topological polar surface area (TPSA) is 60.2 Å². The maximum absolute atomic E-state index is 11.2. The highest BCUT2D eigenvalue weighted by Gasteiger charge is 2.04. The normalized spacial score (nSPS) is 11.1. The molecule has 0 aliphatic rings. The lowest BCUT2D eigenvalue weighted by atomic mass is 10.1. The standard InChI is InChI=1S/C17H15ClN2O3/c1-22-16-9-8-13(18)11-15(16)20-19-14-6-4-3-5-12(14)7-10-17(21)23-2/h3-11H,1-2H3/b10-7+,20-19-. The van der Waals surface area contributed by atoms with E-state index in [4.69, 9.17) is 16.3 Å². The number of azo groups is 1. The van der Waals surface area contributed by atoms with E-state index in [1.807, 2.05) is 18.2 Å². The van der Waals surface area contributed by atoms with Gasteiger partial charge in [-0.05, 0) is 30.3 Å². The summed E-state index contributed by atoms with van der Waals surface area (Å²) >= 11 is 5.97. The zero-order chi connectivity index (χ0) is 16.7. The Labute approximate surface area is 139 Å². The van der Waals surface area contributed by atoms with E-state index in [0.717, 1.165) is 5.56 Å². The van der Waals surface area contributed by atoms with Gasteiger partial charge in [0, 0.05) is 16.7 Å². The minimum atomic E-state index is -0.437. The molecule has 2 aromatic carbocycles. The van der Waals surface area contributed by atoms with E-state index in [0.29, 0.717) is 22.1 Å². The molecule has 23 heavy (non-hydrogen) atoms. The molecule has 118 valence electrons. The molecular formula is C17H15ClN2O3. The van der Waals surface area contributed by atoms with Crippen LogP contribution in [0, 0.1) is 0 Å². The number of benzene rings is 2. The molecule has 6 heteroatoms. The van der Waals surface area contributed by atoms with Crippen molar-refractivity contribution in [2.45, 2.75) is 0 Å². The van der Waals surface area contributed by atoms with Crippen molar-refractivity contribution in [3.63, 3.8) is 0 Å². The van der Waals surface area contributed by atoms with Gasteiger partial charge in [0.1, 0.15) is 11.4 Å². The number of nitrogens with zero attached hydrogens (tertiary/aromatic N) is 2. The van der Waals surface area contributed by atoms with Crippen molar-refractivity contribution >= 4 is 35.0 Å². The van der Waals surface area contributed by atoms with Crippen LogP contribution in [0.4, 0.5) is 11.4 Å². The van der Waals surface area contributed by atoms with Gasteiger partial charge in [0.05, 0.1) is 19.9 Å². The van der Waals surface area contributed by atoms with Gasteiger partial charge >= 0.3 is 5.97 Å². The van der Waals surface area contributed by atoms with Crippen molar-refractivity contribution < 1.29 is 14.3 Å². The first-order chi connectivity index (χ1) is 11.1. The van der Waals surface area contributed by atoms with Crippen molar-refractivity contribution in [3.8, 4) is 5.75 Å². The van der Waals surface area contributed by atoms with E-state index in [1.165, 1.54) is 13.2 Å². The molecule has 5 nitrogen and oxygen atoms in total. The summed E-state index contributed by atoms with van der Waals surface area (Å²) in [6, 6.07) is 12.4. The Morgan fingerprint density at radius 2 is 1.83 bits per heavy atom. The molecule has 0 unspecified atom stereocenters. The summed E-state index contributed by atoms with van der Waals surface area (Å²) in [5, 5.41) is 8.93. The average molecular weight is 331 g/mol. The Morgan fingerprint density at radius 1 is 1.09 bits per heavy atom. The van der Waals surface area contributed by atoms with Gasteiger partial charge in [-0.1, -0.05) is 29.8 Å². The van der Waals surface area contributed by atoms with Gasteiger partial charge in [0.25, 0.3) is 0 Å². The molecular weight excluding hydrogens is 316 g/mol. The van der Waals surface area contributed by atoms with Crippen LogP contribution in [0.15, 0.2) is 58.8 Å². The Bertz CT molecular complexity index is 757. The minimum absolute atomic E-state index is 0.437. The van der Waals surface area contributed by atoms with Crippen LogP contribution in [-0.4, -0.2) is 20.2 Å². The van der Waals surface area contributed by atoms with Crippen LogP contribution < -0.4 is 4.74 Å². The van der Waals surface area contributed by atoms with Gasteiger partial charge < -0.3 is 9.47 Å². The summed E-state index contributed by atoms with van der Waals surface area (Å²) in [7, 11) is 2.87. The smallest absolute Gasteiger partial charge is 0.330 e. The minimum Gasteiger partial charge on any atom is -0.494 e. The zero-order valence-electron chi connectivity index (χ0n) is 12.7. The van der Waals surface area contributed by atoms with Crippen LogP contribution >= 0.6 is 11.6 Å². The average Bonchev–Trinajstić information content (AvgIpc) is 2.58. The molecule has 0 atom stereocenters. The van der Waals surface area contributed by atoms with Crippen LogP contribution in [-0.2, 0) is 9.53 Å². The van der Waals surface area contributed by atoms with Crippen molar-refractivity contribution in [2.75, 3.05) is 14.2 Å². The number of ether oxygens (including phenoxy) is 2. The summed E-state index contributed by atoms with van der Waals surface area (Å²) in [5.41, 5.74) is 1.86. The molecule has 2 aromatic rings. The molecule has 0 aliphatic carbocycles. The molecule has 0 aliphatic heterocycles. The fourth-order valence-electron chi connectivity index (χ4n) is 1.79. The first-order valence-electron chi connectivity index (χ1n) is 6.74. The monoisotopic (exact) mass is 330 g/mol. The fraction of sp³-hybridized carbons (Fsp3) is 0.118. The lowest BCUT2D eigenvalue weighted by Crippen LogP contribution is -1.93. The second-order valence-electron chi connectivity index (χ2n) is 4.43. The summed E-state index contributed by atoms with van der Waals surface area (Å²) in [6.07, 6.45) is 2.95.